The van der Waals surface area contributed by atoms with Crippen LogP contribution in [0.3, 0.4) is 0 Å². The molecule has 1 fully saturated rings. The fraction of sp³-hybridized carbons (Fsp3) is 0.478. The van der Waals surface area contributed by atoms with Gasteiger partial charge >= 0.3 is 0 Å². The molecular formula is C23H26F4N8O2. The van der Waals surface area contributed by atoms with Gasteiger partial charge in [-0.05, 0) is 24.1 Å². The number of fused-ring (bicyclic) bond motifs is 2. The van der Waals surface area contributed by atoms with Crippen LogP contribution in [0.15, 0.2) is 24.4 Å². The smallest absolute Gasteiger partial charge is 0.258 e. The molecule has 4 aromatic rings. The van der Waals surface area contributed by atoms with Gasteiger partial charge in [0.15, 0.2) is 5.82 Å². The minimum Gasteiger partial charge on any atom is -0.479 e. The molecule has 37 heavy (non-hydrogen) atoms. The number of nitrogens with zero attached hydrogens (tertiary/aromatic N) is 7. The highest BCUT2D eigenvalue weighted by atomic mass is 19.3. The summed E-state index contributed by atoms with van der Waals surface area (Å²) in [7, 11) is 2.99. The van der Waals surface area contributed by atoms with Gasteiger partial charge in [-0.3, -0.25) is 4.90 Å². The molecule has 0 amide bonds. The Labute approximate surface area is 209 Å². The van der Waals surface area contributed by atoms with Gasteiger partial charge in [-0.2, -0.15) is 4.98 Å². The summed E-state index contributed by atoms with van der Waals surface area (Å²) in [6.07, 6.45) is -2.09. The van der Waals surface area contributed by atoms with Gasteiger partial charge in [0.2, 0.25) is 11.8 Å². The third kappa shape index (κ3) is 5.03. The van der Waals surface area contributed by atoms with Gasteiger partial charge in [0.25, 0.3) is 6.43 Å². The Kier molecular flexibility index (Phi) is 7.11. The SMILES string of the molecule is COCCN1CC[C@@H](Nc2nc(OC)c3c(-c4ccc5nnn(CC(F)F)c5c4)c(F)cn3n2)[C@@H](F)C1. The number of hydrogen-bond acceptors (Lipinski definition) is 8. The molecule has 1 aromatic carbocycles. The van der Waals surface area contributed by atoms with Crippen molar-refractivity contribution in [2.24, 2.45) is 0 Å². The molecule has 1 saturated heterocycles. The lowest BCUT2D eigenvalue weighted by atomic mass is 10.0. The van der Waals surface area contributed by atoms with Crippen molar-refractivity contribution in [3.8, 4) is 17.0 Å². The lowest BCUT2D eigenvalue weighted by Gasteiger charge is -2.34. The van der Waals surface area contributed by atoms with Crippen LogP contribution in [0.2, 0.25) is 0 Å². The third-order valence-corrected chi connectivity index (χ3v) is 6.41. The predicted molar refractivity (Wildman–Crippen MR) is 127 cm³/mol. The van der Waals surface area contributed by atoms with Crippen LogP contribution >= 0.6 is 0 Å². The van der Waals surface area contributed by atoms with Gasteiger partial charge in [-0.1, -0.05) is 11.3 Å². The van der Waals surface area contributed by atoms with E-state index < -0.39 is 31.0 Å². The summed E-state index contributed by atoms with van der Waals surface area (Å²) in [6.45, 7) is 1.48. The number of alkyl halides is 3. The zero-order valence-electron chi connectivity index (χ0n) is 20.2. The number of anilines is 1. The summed E-state index contributed by atoms with van der Waals surface area (Å²) in [4.78, 5) is 6.35. The summed E-state index contributed by atoms with van der Waals surface area (Å²) in [5.41, 5.74) is 1.49. The largest absolute Gasteiger partial charge is 0.479 e. The zero-order chi connectivity index (χ0) is 26.1. The van der Waals surface area contributed by atoms with Crippen molar-refractivity contribution in [1.29, 1.82) is 0 Å². The van der Waals surface area contributed by atoms with E-state index >= 15 is 4.39 Å². The Balaban J connectivity index is 1.46. The molecule has 0 radical (unpaired) electrons. The Bertz CT molecular complexity index is 1390. The van der Waals surface area contributed by atoms with E-state index in [1.165, 1.54) is 23.9 Å². The average Bonchev–Trinajstić information content (AvgIpc) is 3.42. The van der Waals surface area contributed by atoms with Crippen molar-refractivity contribution in [3.63, 3.8) is 0 Å². The van der Waals surface area contributed by atoms with Crippen molar-refractivity contribution in [2.75, 3.05) is 45.8 Å². The Morgan fingerprint density at radius 2 is 2.08 bits per heavy atom. The van der Waals surface area contributed by atoms with Gasteiger partial charge < -0.3 is 14.8 Å². The van der Waals surface area contributed by atoms with Gasteiger partial charge in [0.1, 0.15) is 23.7 Å². The van der Waals surface area contributed by atoms with E-state index in [0.717, 1.165) is 4.68 Å². The maximum atomic E-state index is 15.2. The normalized spacial score (nSPS) is 18.8. The van der Waals surface area contributed by atoms with E-state index in [1.807, 2.05) is 4.90 Å². The molecule has 5 rings (SSSR count). The first-order valence-electron chi connectivity index (χ1n) is 11.7. The molecule has 0 unspecified atom stereocenters. The first-order valence-corrected chi connectivity index (χ1v) is 11.7. The van der Waals surface area contributed by atoms with Gasteiger partial charge in [-0.15, -0.1) is 10.2 Å². The Hall–Kier alpha value is -3.52. The quantitative estimate of drug-likeness (QED) is 0.336. The molecule has 0 bridgehead atoms. The van der Waals surface area contributed by atoms with E-state index in [-0.39, 0.29) is 29.5 Å². The molecule has 0 aliphatic carbocycles. The second kappa shape index (κ2) is 10.5. The molecule has 0 saturated carbocycles. The summed E-state index contributed by atoms with van der Waals surface area (Å²) in [6, 6.07) is 4.20. The van der Waals surface area contributed by atoms with Gasteiger partial charge in [-0.25, -0.2) is 26.8 Å². The highest BCUT2D eigenvalue weighted by molar-refractivity contribution is 5.89. The van der Waals surface area contributed by atoms with Crippen molar-refractivity contribution < 1.29 is 27.0 Å². The maximum absolute atomic E-state index is 15.2. The second-order valence-corrected chi connectivity index (χ2v) is 8.80. The molecular weight excluding hydrogens is 496 g/mol. The standard InChI is InChI=1S/C23H26F4N8O2/c1-36-8-7-33-6-5-16(14(24)10-33)28-23-29-22(37-2)21-20(15(25)11-35(21)31-23)13-3-4-17-18(9-13)34(32-30-17)12-19(26)27/h3-4,9,11,14,16,19H,5-8,10,12H2,1-2H3,(H,28,31)/t14-,16+/m0/s1. The molecule has 1 N–H and O–H groups in total. The minimum absolute atomic E-state index is 0.0728. The Morgan fingerprint density at radius 3 is 2.81 bits per heavy atom. The van der Waals surface area contributed by atoms with E-state index in [9.17, 15) is 13.2 Å². The number of hydrogen-bond donors (Lipinski definition) is 1. The van der Waals surface area contributed by atoms with Crippen molar-refractivity contribution in [3.05, 3.63) is 30.2 Å². The molecule has 1 aliphatic heterocycles. The van der Waals surface area contributed by atoms with Crippen molar-refractivity contribution >= 4 is 22.5 Å². The molecule has 198 valence electrons. The topological polar surface area (TPSA) is 94.6 Å². The highest BCUT2D eigenvalue weighted by Gasteiger charge is 2.30. The van der Waals surface area contributed by atoms with Crippen LogP contribution in [0.4, 0.5) is 23.5 Å². The maximum Gasteiger partial charge on any atom is 0.258 e. The number of piperidine rings is 1. The second-order valence-electron chi connectivity index (χ2n) is 8.80. The van der Waals surface area contributed by atoms with E-state index in [2.05, 4.69) is 25.7 Å². The van der Waals surface area contributed by atoms with E-state index in [0.29, 0.717) is 42.7 Å². The number of ether oxygens (including phenoxy) is 2. The van der Waals surface area contributed by atoms with Crippen LogP contribution in [0.5, 0.6) is 5.88 Å². The first kappa shape index (κ1) is 25.1. The van der Waals surface area contributed by atoms with Crippen molar-refractivity contribution in [1.82, 2.24) is 34.5 Å². The van der Waals surface area contributed by atoms with Crippen LogP contribution in [0.1, 0.15) is 6.42 Å². The van der Waals surface area contributed by atoms with Crippen LogP contribution in [-0.2, 0) is 11.3 Å². The summed E-state index contributed by atoms with van der Waals surface area (Å²) >= 11 is 0. The average molecular weight is 523 g/mol. The summed E-state index contributed by atoms with van der Waals surface area (Å²) in [5, 5.41) is 15.0. The number of rotatable bonds is 9. The first-order chi connectivity index (χ1) is 17.9. The lowest BCUT2D eigenvalue weighted by Crippen LogP contribution is -2.48. The zero-order valence-corrected chi connectivity index (χ0v) is 20.2. The van der Waals surface area contributed by atoms with E-state index in [1.54, 1.807) is 19.2 Å². The van der Waals surface area contributed by atoms with Crippen LogP contribution in [0, 0.1) is 5.82 Å². The molecule has 0 spiro atoms. The number of likely N-dealkylation sites (tertiary alicyclic amines) is 1. The third-order valence-electron chi connectivity index (χ3n) is 6.41. The monoisotopic (exact) mass is 522 g/mol. The summed E-state index contributed by atoms with van der Waals surface area (Å²) in [5.74, 6) is -0.450. The van der Waals surface area contributed by atoms with Gasteiger partial charge in [0.05, 0.1) is 37.0 Å². The van der Waals surface area contributed by atoms with Crippen LogP contribution < -0.4 is 10.1 Å². The molecule has 10 nitrogen and oxygen atoms in total. The predicted octanol–water partition coefficient (Wildman–Crippen LogP) is 3.02. The summed E-state index contributed by atoms with van der Waals surface area (Å²) < 4.78 is 68.9. The van der Waals surface area contributed by atoms with Crippen LogP contribution in [-0.4, -0.2) is 93.6 Å². The molecule has 14 heteroatoms. The number of benzene rings is 1. The molecule has 2 atom stereocenters. The lowest BCUT2D eigenvalue weighted by molar-refractivity contribution is 0.0918. The molecule has 3 aromatic heterocycles. The van der Waals surface area contributed by atoms with Crippen LogP contribution in [0.25, 0.3) is 27.7 Å². The highest BCUT2D eigenvalue weighted by Crippen LogP contribution is 2.35. The number of nitrogens with one attached hydrogen (secondary N) is 1. The Morgan fingerprint density at radius 1 is 1.24 bits per heavy atom. The van der Waals surface area contributed by atoms with Crippen molar-refractivity contribution in [2.45, 2.75) is 31.6 Å². The molecule has 1 aliphatic rings. The van der Waals surface area contributed by atoms with Gasteiger partial charge in [0, 0.05) is 26.7 Å². The minimum atomic E-state index is -2.62. The number of aromatic nitrogens is 6. The fourth-order valence-corrected chi connectivity index (χ4v) is 4.61. The molecule has 4 heterocycles. The fourth-order valence-electron chi connectivity index (χ4n) is 4.61. The van der Waals surface area contributed by atoms with E-state index in [4.69, 9.17) is 9.47 Å². The number of halogens is 4. The number of methoxy groups -OCH3 is 2.